The third-order valence-electron chi connectivity index (χ3n) is 4.30. The van der Waals surface area contributed by atoms with Crippen molar-refractivity contribution in [2.45, 2.75) is 38.8 Å². The van der Waals surface area contributed by atoms with Crippen LogP contribution in [0.2, 0.25) is 0 Å². The van der Waals surface area contributed by atoms with Gasteiger partial charge in [-0.25, -0.2) is 4.89 Å². The first-order valence-corrected chi connectivity index (χ1v) is 8.31. The van der Waals surface area contributed by atoms with Crippen molar-refractivity contribution in [2.24, 2.45) is 0 Å². The van der Waals surface area contributed by atoms with Crippen LogP contribution >= 0.6 is 0 Å². The smallest absolute Gasteiger partial charge is 0.313 e. The average Bonchev–Trinajstić information content (AvgIpc) is 2.89. The number of imide groups is 1. The van der Waals surface area contributed by atoms with Crippen molar-refractivity contribution in [1.82, 2.24) is 4.90 Å². The zero-order chi connectivity index (χ0) is 19.4. The van der Waals surface area contributed by atoms with Crippen molar-refractivity contribution >= 4 is 11.8 Å². The summed E-state index contributed by atoms with van der Waals surface area (Å²) in [5, 5.41) is 0. The zero-order valence-electron chi connectivity index (χ0n) is 15.8. The molecule has 0 saturated carbocycles. The topological polar surface area (TPSA) is 74.3 Å². The number of amides is 2. The summed E-state index contributed by atoms with van der Waals surface area (Å²) in [6.07, 6.45) is 1.39. The van der Waals surface area contributed by atoms with Crippen LogP contribution in [0.1, 0.15) is 32.8 Å². The minimum absolute atomic E-state index is 0.0717. The van der Waals surface area contributed by atoms with Gasteiger partial charge >= 0.3 is 5.97 Å². The van der Waals surface area contributed by atoms with E-state index >= 15 is 0 Å². The van der Waals surface area contributed by atoms with Crippen LogP contribution in [0.4, 0.5) is 0 Å². The molecule has 0 spiro atoms. The predicted molar refractivity (Wildman–Crippen MR) is 93.5 cm³/mol. The first kappa shape index (κ1) is 20.3. The van der Waals surface area contributed by atoms with E-state index in [1.807, 2.05) is 44.2 Å². The number of nitrogens with zero attached hydrogens (tertiary/aromatic N) is 1. The molecule has 0 unspecified atom stereocenters. The molecule has 0 radical (unpaired) electrons. The Morgan fingerprint density at radius 2 is 1.62 bits per heavy atom. The average molecular weight is 363 g/mol. The van der Waals surface area contributed by atoms with Crippen molar-refractivity contribution in [3.05, 3.63) is 47.5 Å². The molecule has 0 aromatic heterocycles. The number of hydrogen-bond donors (Lipinski definition) is 0. The number of methoxy groups -OCH3 is 2. The second-order valence-electron chi connectivity index (χ2n) is 6.51. The Morgan fingerprint density at radius 1 is 1.00 bits per heavy atom. The molecule has 1 aliphatic heterocycles. The van der Waals surface area contributed by atoms with Crippen LogP contribution in [-0.4, -0.2) is 43.5 Å². The van der Waals surface area contributed by atoms with Gasteiger partial charge in [-0.3, -0.25) is 14.5 Å². The third-order valence-corrected chi connectivity index (χ3v) is 4.30. The summed E-state index contributed by atoms with van der Waals surface area (Å²) in [6, 6.07) is 9.55. The number of rotatable bonds is 9. The van der Waals surface area contributed by atoms with Gasteiger partial charge in [0.15, 0.2) is 0 Å². The number of carbonyl (C=O) groups is 2. The lowest BCUT2D eigenvalue weighted by molar-refractivity contribution is -0.525. The van der Waals surface area contributed by atoms with E-state index < -0.39 is 11.6 Å². The summed E-state index contributed by atoms with van der Waals surface area (Å²) in [5.74, 6) is -2.25. The molecule has 7 nitrogen and oxygen atoms in total. The monoisotopic (exact) mass is 363 g/mol. The Balaban J connectivity index is 2.03. The fourth-order valence-corrected chi connectivity index (χ4v) is 2.55. The van der Waals surface area contributed by atoms with Gasteiger partial charge in [-0.15, -0.1) is 0 Å². The summed E-state index contributed by atoms with van der Waals surface area (Å²) in [5.41, 5.74) is 0.546. The van der Waals surface area contributed by atoms with Gasteiger partial charge in [-0.1, -0.05) is 30.3 Å². The lowest BCUT2D eigenvalue weighted by atomic mass is 9.99. The standard InChI is InChI=1S/C19H25NO6/c1-14-13-16(21)20(17(14)22)12-11-19(23-4,24-5)26-25-18(2,3)15-9-7-6-8-10-15/h6-10,13H,11-12H2,1-5H3. The van der Waals surface area contributed by atoms with E-state index in [9.17, 15) is 9.59 Å². The third kappa shape index (κ3) is 4.37. The van der Waals surface area contributed by atoms with Gasteiger partial charge in [-0.05, 0) is 26.3 Å². The summed E-state index contributed by atoms with van der Waals surface area (Å²) in [6.45, 7) is 5.36. The number of carbonyl (C=O) groups excluding carboxylic acids is 2. The molecule has 1 aliphatic rings. The molecular weight excluding hydrogens is 338 g/mol. The van der Waals surface area contributed by atoms with Crippen molar-refractivity contribution in [3.63, 3.8) is 0 Å². The van der Waals surface area contributed by atoms with Crippen molar-refractivity contribution < 1.29 is 28.8 Å². The van der Waals surface area contributed by atoms with Gasteiger partial charge in [0, 0.05) is 32.4 Å². The van der Waals surface area contributed by atoms with Crippen LogP contribution in [0.15, 0.2) is 42.0 Å². The van der Waals surface area contributed by atoms with Gasteiger partial charge in [0.25, 0.3) is 11.8 Å². The number of benzene rings is 1. The highest BCUT2D eigenvalue weighted by Crippen LogP contribution is 2.29. The SMILES string of the molecule is COC(CCN1C(=O)C=C(C)C1=O)(OC)OOC(C)(C)c1ccccc1. The fraction of sp³-hybridized carbons (Fsp3) is 0.474. The van der Waals surface area contributed by atoms with Crippen LogP contribution in [0.5, 0.6) is 0 Å². The number of hydrogen-bond acceptors (Lipinski definition) is 6. The molecule has 2 rings (SSSR count). The summed E-state index contributed by atoms with van der Waals surface area (Å²) >= 11 is 0. The molecule has 1 aromatic carbocycles. The van der Waals surface area contributed by atoms with E-state index in [-0.39, 0.29) is 24.8 Å². The summed E-state index contributed by atoms with van der Waals surface area (Å²) < 4.78 is 10.7. The molecule has 1 aromatic rings. The van der Waals surface area contributed by atoms with Crippen molar-refractivity contribution in [3.8, 4) is 0 Å². The van der Waals surface area contributed by atoms with Crippen molar-refractivity contribution in [1.29, 1.82) is 0 Å². The number of ether oxygens (including phenoxy) is 2. The van der Waals surface area contributed by atoms with E-state index in [1.165, 1.54) is 20.3 Å². The van der Waals surface area contributed by atoms with Gasteiger partial charge < -0.3 is 9.47 Å². The van der Waals surface area contributed by atoms with Gasteiger partial charge in [0.05, 0.1) is 6.42 Å². The van der Waals surface area contributed by atoms with Gasteiger partial charge in [0.2, 0.25) is 0 Å². The van der Waals surface area contributed by atoms with E-state index in [0.717, 1.165) is 10.5 Å². The minimum Gasteiger partial charge on any atom is -0.329 e. The Hall–Kier alpha value is -2.06. The lowest BCUT2D eigenvalue weighted by Crippen LogP contribution is -2.44. The summed E-state index contributed by atoms with van der Waals surface area (Å²) in [4.78, 5) is 36.1. The lowest BCUT2D eigenvalue weighted by Gasteiger charge is -2.34. The second-order valence-corrected chi connectivity index (χ2v) is 6.51. The van der Waals surface area contributed by atoms with Gasteiger partial charge in [-0.2, -0.15) is 4.89 Å². The first-order valence-electron chi connectivity index (χ1n) is 8.31. The minimum atomic E-state index is -1.55. The largest absolute Gasteiger partial charge is 0.329 e. The van der Waals surface area contributed by atoms with E-state index in [1.54, 1.807) is 6.92 Å². The summed E-state index contributed by atoms with van der Waals surface area (Å²) in [7, 11) is 2.80. The molecule has 0 bridgehead atoms. The highest BCUT2D eigenvalue weighted by atomic mass is 17.3. The molecule has 142 valence electrons. The predicted octanol–water partition coefficient (Wildman–Crippen LogP) is 2.52. The maximum Gasteiger partial charge on any atom is 0.313 e. The zero-order valence-corrected chi connectivity index (χ0v) is 15.8. The van der Waals surface area contributed by atoms with Gasteiger partial charge in [0.1, 0.15) is 5.60 Å². The molecular formula is C19H25NO6. The Labute approximate surface area is 153 Å². The van der Waals surface area contributed by atoms with Crippen LogP contribution in [0.3, 0.4) is 0 Å². The van der Waals surface area contributed by atoms with Crippen LogP contribution in [-0.2, 0) is 34.4 Å². The molecule has 26 heavy (non-hydrogen) atoms. The normalized spacial score (nSPS) is 15.6. The highest BCUT2D eigenvalue weighted by Gasteiger charge is 2.39. The maximum atomic E-state index is 12.0. The quantitative estimate of drug-likeness (QED) is 0.290. The van der Waals surface area contributed by atoms with E-state index in [2.05, 4.69) is 0 Å². The fourth-order valence-electron chi connectivity index (χ4n) is 2.55. The maximum absolute atomic E-state index is 12.0. The molecule has 0 saturated heterocycles. The van der Waals surface area contributed by atoms with Crippen LogP contribution < -0.4 is 0 Å². The molecule has 1 heterocycles. The molecule has 0 atom stereocenters. The Kier molecular flexibility index (Phi) is 6.30. The van der Waals surface area contributed by atoms with Crippen LogP contribution in [0.25, 0.3) is 0 Å². The Bertz CT molecular complexity index is 679. The van der Waals surface area contributed by atoms with E-state index in [0.29, 0.717) is 5.57 Å². The molecule has 7 heteroatoms. The van der Waals surface area contributed by atoms with Crippen LogP contribution in [0, 0.1) is 0 Å². The first-order chi connectivity index (χ1) is 12.2. The molecule has 0 fully saturated rings. The highest BCUT2D eigenvalue weighted by molar-refractivity contribution is 6.15. The van der Waals surface area contributed by atoms with E-state index in [4.69, 9.17) is 19.2 Å². The second kappa shape index (κ2) is 8.09. The molecule has 0 N–H and O–H groups in total. The molecule has 2 amide bonds. The van der Waals surface area contributed by atoms with Crippen molar-refractivity contribution in [2.75, 3.05) is 20.8 Å². The molecule has 0 aliphatic carbocycles. The Morgan fingerprint density at radius 3 is 2.12 bits per heavy atom.